The minimum Gasteiger partial charge on any atom is -0.478 e. The SMILES string of the molecule is Cc1cc(/C=N\NC(=O)c2ccncc2)c(C)n1-c1sc2c(c1C(=O)O)CCCC2. The van der Waals surface area contributed by atoms with E-state index in [0.717, 1.165) is 53.2 Å². The number of hydrazone groups is 1. The second kappa shape index (κ2) is 8.23. The van der Waals surface area contributed by atoms with Crippen LogP contribution in [0.25, 0.3) is 5.00 Å². The lowest BCUT2D eigenvalue weighted by atomic mass is 9.95. The summed E-state index contributed by atoms with van der Waals surface area (Å²) in [4.78, 5) is 29.2. The van der Waals surface area contributed by atoms with Gasteiger partial charge in [-0.3, -0.25) is 9.78 Å². The smallest absolute Gasteiger partial charge is 0.339 e. The van der Waals surface area contributed by atoms with Gasteiger partial charge in [-0.25, -0.2) is 10.2 Å². The van der Waals surface area contributed by atoms with Gasteiger partial charge in [0.15, 0.2) is 0 Å². The number of aromatic carboxylic acids is 1. The number of nitrogens with zero attached hydrogens (tertiary/aromatic N) is 3. The second-order valence-corrected chi connectivity index (χ2v) is 8.38. The van der Waals surface area contributed by atoms with E-state index in [4.69, 9.17) is 0 Å². The van der Waals surface area contributed by atoms with Crippen molar-refractivity contribution in [1.29, 1.82) is 0 Å². The molecule has 0 spiro atoms. The highest BCUT2D eigenvalue weighted by atomic mass is 32.1. The molecule has 3 aromatic rings. The van der Waals surface area contributed by atoms with Gasteiger partial charge in [0.2, 0.25) is 0 Å². The third-order valence-corrected chi connectivity index (χ3v) is 6.63. The van der Waals surface area contributed by atoms with Crippen molar-refractivity contribution < 1.29 is 14.7 Å². The highest BCUT2D eigenvalue weighted by Crippen LogP contribution is 2.38. The summed E-state index contributed by atoms with van der Waals surface area (Å²) in [6.07, 6.45) is 8.58. The first-order valence-corrected chi connectivity index (χ1v) is 10.6. The Morgan fingerprint density at radius 2 is 1.97 bits per heavy atom. The van der Waals surface area contributed by atoms with Gasteiger partial charge < -0.3 is 9.67 Å². The molecule has 2 N–H and O–H groups in total. The number of carboxylic acids is 1. The van der Waals surface area contributed by atoms with E-state index in [1.54, 1.807) is 42.1 Å². The number of carbonyl (C=O) groups excluding carboxylic acids is 1. The quantitative estimate of drug-likeness (QED) is 0.481. The highest BCUT2D eigenvalue weighted by molar-refractivity contribution is 7.15. The number of carboxylic acid groups (broad SMARTS) is 1. The van der Waals surface area contributed by atoms with E-state index in [1.165, 1.54) is 4.88 Å². The molecule has 1 amide bonds. The first-order valence-electron chi connectivity index (χ1n) is 9.78. The Balaban J connectivity index is 1.64. The maximum absolute atomic E-state index is 12.1. The minimum atomic E-state index is -0.878. The monoisotopic (exact) mass is 422 g/mol. The van der Waals surface area contributed by atoms with E-state index < -0.39 is 5.97 Å². The fraction of sp³-hybridized carbons (Fsp3) is 0.273. The molecular weight excluding hydrogens is 400 g/mol. The topological polar surface area (TPSA) is 96.6 Å². The van der Waals surface area contributed by atoms with E-state index in [0.29, 0.717) is 11.1 Å². The summed E-state index contributed by atoms with van der Waals surface area (Å²) in [6.45, 7) is 3.88. The van der Waals surface area contributed by atoms with E-state index >= 15 is 0 Å². The maximum atomic E-state index is 12.1. The van der Waals surface area contributed by atoms with Gasteiger partial charge in [-0.15, -0.1) is 11.3 Å². The Morgan fingerprint density at radius 1 is 1.23 bits per heavy atom. The lowest BCUT2D eigenvalue weighted by Gasteiger charge is -2.11. The van der Waals surface area contributed by atoms with Crippen molar-refractivity contribution in [2.75, 3.05) is 0 Å². The van der Waals surface area contributed by atoms with Gasteiger partial charge in [0.05, 0.1) is 11.8 Å². The Labute approximate surface area is 178 Å². The summed E-state index contributed by atoms with van der Waals surface area (Å²) < 4.78 is 1.98. The van der Waals surface area contributed by atoms with Gasteiger partial charge in [0.25, 0.3) is 5.91 Å². The summed E-state index contributed by atoms with van der Waals surface area (Å²) in [5.74, 6) is -1.20. The third kappa shape index (κ3) is 3.66. The van der Waals surface area contributed by atoms with Crippen molar-refractivity contribution in [3.8, 4) is 5.00 Å². The molecule has 0 saturated heterocycles. The summed E-state index contributed by atoms with van der Waals surface area (Å²) in [5, 5.41) is 14.7. The number of nitrogens with one attached hydrogen (secondary N) is 1. The molecule has 30 heavy (non-hydrogen) atoms. The predicted octanol–water partition coefficient (Wildman–Crippen LogP) is 3.89. The van der Waals surface area contributed by atoms with Crippen LogP contribution in [0.2, 0.25) is 0 Å². The lowest BCUT2D eigenvalue weighted by Crippen LogP contribution is -2.17. The number of aromatic nitrogens is 2. The molecule has 0 unspecified atom stereocenters. The van der Waals surface area contributed by atoms with Crippen LogP contribution in [0.5, 0.6) is 0 Å². The van der Waals surface area contributed by atoms with Crippen LogP contribution >= 0.6 is 11.3 Å². The van der Waals surface area contributed by atoms with Crippen LogP contribution in [-0.2, 0) is 12.8 Å². The van der Waals surface area contributed by atoms with Crippen molar-refractivity contribution in [3.05, 3.63) is 69.1 Å². The van der Waals surface area contributed by atoms with Crippen LogP contribution < -0.4 is 5.43 Å². The first kappa shape index (κ1) is 20.0. The Bertz CT molecular complexity index is 1150. The molecule has 1 aliphatic carbocycles. The standard InChI is InChI=1S/C22H22N4O3S/c1-13-11-16(12-24-25-20(27)15-7-9-23-10-8-15)14(2)26(13)21-19(22(28)29)17-5-3-4-6-18(17)30-21/h7-12H,3-6H2,1-2H3,(H,25,27)(H,28,29)/b24-12-. The van der Waals surface area contributed by atoms with Crippen molar-refractivity contribution in [1.82, 2.24) is 15.0 Å². The van der Waals surface area contributed by atoms with Gasteiger partial charge in [0, 0.05) is 39.8 Å². The highest BCUT2D eigenvalue weighted by Gasteiger charge is 2.27. The molecule has 0 radical (unpaired) electrons. The molecule has 8 heteroatoms. The fourth-order valence-electron chi connectivity index (χ4n) is 3.89. The zero-order chi connectivity index (χ0) is 21.3. The van der Waals surface area contributed by atoms with Crippen LogP contribution in [0.4, 0.5) is 0 Å². The van der Waals surface area contributed by atoms with Crippen molar-refractivity contribution in [3.63, 3.8) is 0 Å². The van der Waals surface area contributed by atoms with Gasteiger partial charge in [0.1, 0.15) is 5.00 Å². The lowest BCUT2D eigenvalue weighted by molar-refractivity contribution is 0.0695. The van der Waals surface area contributed by atoms with Gasteiger partial charge >= 0.3 is 5.97 Å². The van der Waals surface area contributed by atoms with E-state index in [-0.39, 0.29) is 5.91 Å². The molecule has 154 valence electrons. The largest absolute Gasteiger partial charge is 0.478 e. The second-order valence-electron chi connectivity index (χ2n) is 7.29. The molecule has 1 aliphatic rings. The number of carbonyl (C=O) groups is 2. The third-order valence-electron chi connectivity index (χ3n) is 5.35. The summed E-state index contributed by atoms with van der Waals surface area (Å²) in [5.41, 5.74) is 7.03. The van der Waals surface area contributed by atoms with Crippen LogP contribution in [-0.4, -0.2) is 32.7 Å². The number of rotatable bonds is 5. The molecule has 0 atom stereocenters. The molecular formula is C22H22N4O3S. The van der Waals surface area contributed by atoms with E-state index in [2.05, 4.69) is 15.5 Å². The number of pyridine rings is 1. The van der Waals surface area contributed by atoms with Crippen LogP contribution in [0.15, 0.2) is 35.7 Å². The van der Waals surface area contributed by atoms with Crippen LogP contribution in [0.3, 0.4) is 0 Å². The van der Waals surface area contributed by atoms with E-state index in [1.807, 2.05) is 24.5 Å². The summed E-state index contributed by atoms with van der Waals surface area (Å²) in [6, 6.07) is 5.17. The van der Waals surface area contributed by atoms with Crippen LogP contribution in [0.1, 0.15) is 60.9 Å². The van der Waals surface area contributed by atoms with Gasteiger partial charge in [-0.05, 0) is 63.3 Å². The maximum Gasteiger partial charge on any atom is 0.339 e. The predicted molar refractivity (Wildman–Crippen MR) is 116 cm³/mol. The number of hydrogen-bond donors (Lipinski definition) is 2. The van der Waals surface area contributed by atoms with Crippen molar-refractivity contribution >= 4 is 29.4 Å². The molecule has 0 bridgehead atoms. The molecule has 0 aliphatic heterocycles. The zero-order valence-electron chi connectivity index (χ0n) is 16.8. The van der Waals surface area contributed by atoms with E-state index in [9.17, 15) is 14.7 Å². The Morgan fingerprint density at radius 3 is 2.70 bits per heavy atom. The average Bonchev–Trinajstić information content (AvgIpc) is 3.25. The number of thiophene rings is 1. The van der Waals surface area contributed by atoms with Gasteiger partial charge in [-0.2, -0.15) is 5.10 Å². The fourth-order valence-corrected chi connectivity index (χ4v) is 5.38. The molecule has 3 heterocycles. The molecule has 0 aromatic carbocycles. The van der Waals surface area contributed by atoms with Crippen molar-refractivity contribution in [2.24, 2.45) is 5.10 Å². The summed E-state index contributed by atoms with van der Waals surface area (Å²) in [7, 11) is 0. The first-order chi connectivity index (χ1) is 14.5. The minimum absolute atomic E-state index is 0.318. The molecule has 3 aromatic heterocycles. The molecule has 0 fully saturated rings. The average molecular weight is 423 g/mol. The van der Waals surface area contributed by atoms with Crippen molar-refractivity contribution in [2.45, 2.75) is 39.5 Å². The number of amides is 1. The number of fused-ring (bicyclic) bond motifs is 1. The Kier molecular flexibility index (Phi) is 5.50. The number of aryl methyl sites for hydroxylation is 2. The summed E-state index contributed by atoms with van der Waals surface area (Å²) >= 11 is 1.57. The van der Waals surface area contributed by atoms with Crippen LogP contribution in [0, 0.1) is 13.8 Å². The van der Waals surface area contributed by atoms with Gasteiger partial charge in [-0.1, -0.05) is 0 Å². The zero-order valence-corrected chi connectivity index (χ0v) is 17.6. The molecule has 0 saturated carbocycles. The number of hydrogen-bond acceptors (Lipinski definition) is 5. The normalized spacial score (nSPS) is 13.4. The molecule has 7 nitrogen and oxygen atoms in total. The Hall–Kier alpha value is -3.26. The molecule has 4 rings (SSSR count).